The molecular formula is C14H22O4. The van der Waals surface area contributed by atoms with Crippen molar-refractivity contribution in [3.63, 3.8) is 0 Å². The fourth-order valence-corrected chi connectivity index (χ4v) is 1.92. The van der Waals surface area contributed by atoms with Gasteiger partial charge in [0.15, 0.2) is 0 Å². The van der Waals surface area contributed by atoms with Crippen molar-refractivity contribution < 1.29 is 19.3 Å². The minimum absolute atomic E-state index is 0.240. The monoisotopic (exact) mass is 254 g/mol. The molecule has 1 rings (SSSR count). The van der Waals surface area contributed by atoms with E-state index in [4.69, 9.17) is 14.2 Å². The third-order valence-corrected chi connectivity index (χ3v) is 2.89. The van der Waals surface area contributed by atoms with Gasteiger partial charge < -0.3 is 19.3 Å². The Morgan fingerprint density at radius 1 is 1.17 bits per heavy atom. The molecule has 0 aromatic heterocycles. The molecule has 0 aliphatic heterocycles. The molecule has 2 atom stereocenters. The van der Waals surface area contributed by atoms with Crippen molar-refractivity contribution in [1.29, 1.82) is 0 Å². The number of benzene rings is 1. The van der Waals surface area contributed by atoms with Gasteiger partial charge in [0.05, 0.1) is 20.3 Å². The van der Waals surface area contributed by atoms with E-state index in [1.807, 2.05) is 13.8 Å². The molecule has 0 saturated heterocycles. The van der Waals surface area contributed by atoms with E-state index in [-0.39, 0.29) is 6.10 Å². The van der Waals surface area contributed by atoms with E-state index >= 15 is 0 Å². The van der Waals surface area contributed by atoms with Gasteiger partial charge in [0.1, 0.15) is 17.6 Å². The van der Waals surface area contributed by atoms with Crippen LogP contribution in [0, 0.1) is 0 Å². The molecule has 2 unspecified atom stereocenters. The minimum Gasteiger partial charge on any atom is -0.497 e. The standard InChI is InChI=1S/C14H22O4/c1-5-12(18-6-2)14(15)11-9-10(16-3)7-8-13(11)17-4/h7-9,12,14-15H,5-6H2,1-4H3. The molecule has 102 valence electrons. The van der Waals surface area contributed by atoms with E-state index < -0.39 is 6.10 Å². The van der Waals surface area contributed by atoms with Gasteiger partial charge in [0.2, 0.25) is 0 Å². The van der Waals surface area contributed by atoms with Crippen molar-refractivity contribution in [3.05, 3.63) is 23.8 Å². The Morgan fingerprint density at radius 2 is 1.89 bits per heavy atom. The van der Waals surface area contributed by atoms with Crippen LogP contribution in [0.4, 0.5) is 0 Å². The number of hydrogen-bond donors (Lipinski definition) is 1. The molecule has 0 heterocycles. The summed E-state index contributed by atoms with van der Waals surface area (Å²) in [5, 5.41) is 10.4. The Bertz CT molecular complexity index is 365. The minimum atomic E-state index is -0.722. The van der Waals surface area contributed by atoms with Crippen LogP contribution in [-0.2, 0) is 4.74 Å². The second kappa shape index (κ2) is 7.24. The van der Waals surface area contributed by atoms with Crippen LogP contribution >= 0.6 is 0 Å². The van der Waals surface area contributed by atoms with Crippen LogP contribution in [0.25, 0.3) is 0 Å². The lowest BCUT2D eigenvalue weighted by Crippen LogP contribution is -2.22. The highest BCUT2D eigenvalue weighted by Gasteiger charge is 2.23. The fraction of sp³-hybridized carbons (Fsp3) is 0.571. The molecule has 1 aromatic rings. The first-order valence-corrected chi connectivity index (χ1v) is 6.19. The summed E-state index contributed by atoms with van der Waals surface area (Å²) in [6.07, 6.45) is -0.231. The van der Waals surface area contributed by atoms with Crippen molar-refractivity contribution >= 4 is 0 Å². The lowest BCUT2D eigenvalue weighted by molar-refractivity contribution is -0.0364. The highest BCUT2D eigenvalue weighted by atomic mass is 16.5. The van der Waals surface area contributed by atoms with Gasteiger partial charge in [0, 0.05) is 12.2 Å². The third-order valence-electron chi connectivity index (χ3n) is 2.89. The van der Waals surface area contributed by atoms with Crippen LogP contribution in [0.3, 0.4) is 0 Å². The number of ether oxygens (including phenoxy) is 3. The van der Waals surface area contributed by atoms with Crippen LogP contribution in [0.15, 0.2) is 18.2 Å². The maximum Gasteiger partial charge on any atom is 0.125 e. The highest BCUT2D eigenvalue weighted by molar-refractivity contribution is 5.42. The predicted molar refractivity (Wildman–Crippen MR) is 70.2 cm³/mol. The Hall–Kier alpha value is -1.26. The number of aliphatic hydroxyl groups excluding tert-OH is 1. The maximum atomic E-state index is 10.4. The van der Waals surface area contributed by atoms with Gasteiger partial charge >= 0.3 is 0 Å². The molecule has 0 aliphatic carbocycles. The average Bonchev–Trinajstić information content (AvgIpc) is 2.43. The number of aliphatic hydroxyl groups is 1. The molecular weight excluding hydrogens is 232 g/mol. The van der Waals surface area contributed by atoms with Crippen molar-refractivity contribution in [3.8, 4) is 11.5 Å². The van der Waals surface area contributed by atoms with Gasteiger partial charge in [0.25, 0.3) is 0 Å². The maximum absolute atomic E-state index is 10.4. The smallest absolute Gasteiger partial charge is 0.125 e. The third kappa shape index (κ3) is 3.37. The zero-order valence-corrected chi connectivity index (χ0v) is 11.5. The Morgan fingerprint density at radius 3 is 2.39 bits per heavy atom. The quantitative estimate of drug-likeness (QED) is 0.812. The molecule has 0 aliphatic rings. The zero-order chi connectivity index (χ0) is 13.5. The van der Waals surface area contributed by atoms with Crippen LogP contribution in [0.2, 0.25) is 0 Å². The molecule has 4 heteroatoms. The normalized spacial score (nSPS) is 14.1. The van der Waals surface area contributed by atoms with E-state index in [0.717, 1.165) is 6.42 Å². The number of rotatable bonds is 7. The molecule has 0 radical (unpaired) electrons. The van der Waals surface area contributed by atoms with Gasteiger partial charge in [-0.15, -0.1) is 0 Å². The molecule has 4 nitrogen and oxygen atoms in total. The van der Waals surface area contributed by atoms with E-state index in [1.165, 1.54) is 0 Å². The average molecular weight is 254 g/mol. The van der Waals surface area contributed by atoms with Crippen LogP contribution in [0.5, 0.6) is 11.5 Å². The molecule has 1 N–H and O–H groups in total. The van der Waals surface area contributed by atoms with Crippen molar-refractivity contribution in [2.45, 2.75) is 32.5 Å². The first kappa shape index (κ1) is 14.8. The summed E-state index contributed by atoms with van der Waals surface area (Å²) in [4.78, 5) is 0. The second-order valence-corrected chi connectivity index (χ2v) is 3.95. The molecule has 0 spiro atoms. The van der Waals surface area contributed by atoms with Gasteiger partial charge in [-0.05, 0) is 31.5 Å². The predicted octanol–water partition coefficient (Wildman–Crippen LogP) is 2.55. The van der Waals surface area contributed by atoms with Crippen LogP contribution in [0.1, 0.15) is 31.9 Å². The summed E-state index contributed by atoms with van der Waals surface area (Å²) in [5.74, 6) is 1.33. The van der Waals surface area contributed by atoms with Gasteiger partial charge in [-0.25, -0.2) is 0 Å². The van der Waals surface area contributed by atoms with E-state index in [9.17, 15) is 5.11 Å². The van der Waals surface area contributed by atoms with E-state index in [0.29, 0.717) is 23.7 Å². The molecule has 1 aromatic carbocycles. The Balaban J connectivity index is 3.04. The molecule has 0 saturated carbocycles. The lowest BCUT2D eigenvalue weighted by atomic mass is 10.0. The largest absolute Gasteiger partial charge is 0.497 e. The van der Waals surface area contributed by atoms with Crippen molar-refractivity contribution in [1.82, 2.24) is 0 Å². The molecule has 0 fully saturated rings. The summed E-state index contributed by atoms with van der Waals surface area (Å²) >= 11 is 0. The Labute approximate surface area is 108 Å². The summed E-state index contributed by atoms with van der Waals surface area (Å²) in [5.41, 5.74) is 0.692. The summed E-state index contributed by atoms with van der Waals surface area (Å²) < 4.78 is 16.0. The first-order chi connectivity index (χ1) is 8.67. The first-order valence-electron chi connectivity index (χ1n) is 6.19. The van der Waals surface area contributed by atoms with Crippen LogP contribution in [-0.4, -0.2) is 32.0 Å². The highest BCUT2D eigenvalue weighted by Crippen LogP contribution is 2.32. The zero-order valence-electron chi connectivity index (χ0n) is 11.5. The SMILES string of the molecule is CCOC(CC)C(O)c1cc(OC)ccc1OC. The van der Waals surface area contributed by atoms with Crippen molar-refractivity contribution in [2.75, 3.05) is 20.8 Å². The van der Waals surface area contributed by atoms with Gasteiger partial charge in [-0.2, -0.15) is 0 Å². The van der Waals surface area contributed by atoms with Crippen molar-refractivity contribution in [2.24, 2.45) is 0 Å². The molecule has 18 heavy (non-hydrogen) atoms. The lowest BCUT2D eigenvalue weighted by Gasteiger charge is -2.23. The van der Waals surface area contributed by atoms with E-state index in [2.05, 4.69) is 0 Å². The molecule has 0 amide bonds. The van der Waals surface area contributed by atoms with Gasteiger partial charge in [-0.3, -0.25) is 0 Å². The van der Waals surface area contributed by atoms with Crippen LogP contribution < -0.4 is 9.47 Å². The summed E-state index contributed by atoms with van der Waals surface area (Å²) in [6, 6.07) is 5.37. The van der Waals surface area contributed by atoms with Gasteiger partial charge in [-0.1, -0.05) is 6.92 Å². The number of methoxy groups -OCH3 is 2. The number of hydrogen-bond acceptors (Lipinski definition) is 4. The summed E-state index contributed by atoms with van der Waals surface area (Å²) in [6.45, 7) is 4.47. The summed E-state index contributed by atoms with van der Waals surface area (Å²) in [7, 11) is 3.18. The van der Waals surface area contributed by atoms with E-state index in [1.54, 1.807) is 32.4 Å². The second-order valence-electron chi connectivity index (χ2n) is 3.95. The Kier molecular flexibility index (Phi) is 5.95. The molecule has 0 bridgehead atoms. The topological polar surface area (TPSA) is 47.9 Å². The fourth-order valence-electron chi connectivity index (χ4n) is 1.92.